The summed E-state index contributed by atoms with van der Waals surface area (Å²) < 4.78 is 4.90. The Morgan fingerprint density at radius 3 is 2.68 bits per heavy atom. The molecule has 4 rings (SSSR count). The van der Waals surface area contributed by atoms with Crippen LogP contribution >= 0.6 is 0 Å². The van der Waals surface area contributed by atoms with Crippen molar-refractivity contribution >= 4 is 22.7 Å². The van der Waals surface area contributed by atoms with Crippen LogP contribution in [-0.4, -0.2) is 44.5 Å². The smallest absolute Gasteiger partial charge is 0.338 e. The summed E-state index contributed by atoms with van der Waals surface area (Å²) in [5.74, 6) is 1.17. The highest BCUT2D eigenvalue weighted by Crippen LogP contribution is 2.27. The number of para-hydroxylation sites is 1. The standard InChI is InChI=1S/C23H22N6O2/c1-14(17-5-4-6-18-19(23(30)31-3)7-8-24-22(17)18)10-27-21-9-20(28-13-29-21)16-11-25-15(2)26-12-16/h4-9,11-14H,10H2,1-3H3,(H,27,28,29)/t14-/m1/s1. The van der Waals surface area contributed by atoms with Gasteiger partial charge in [-0.15, -0.1) is 0 Å². The van der Waals surface area contributed by atoms with Gasteiger partial charge in [0, 0.05) is 48.1 Å². The molecule has 0 fully saturated rings. The number of hydrogen-bond donors (Lipinski definition) is 1. The molecule has 0 amide bonds. The number of ether oxygens (including phenoxy) is 1. The van der Waals surface area contributed by atoms with Crippen LogP contribution in [0, 0.1) is 6.92 Å². The Kier molecular flexibility index (Phi) is 5.79. The van der Waals surface area contributed by atoms with Crippen LogP contribution in [0.4, 0.5) is 5.82 Å². The zero-order chi connectivity index (χ0) is 21.8. The van der Waals surface area contributed by atoms with Gasteiger partial charge in [-0.25, -0.2) is 24.7 Å². The first kappa shape index (κ1) is 20.3. The van der Waals surface area contributed by atoms with Gasteiger partial charge in [0.05, 0.1) is 23.9 Å². The van der Waals surface area contributed by atoms with Crippen molar-refractivity contribution in [1.29, 1.82) is 0 Å². The molecule has 0 radical (unpaired) electrons. The summed E-state index contributed by atoms with van der Waals surface area (Å²) in [6.07, 6.45) is 6.65. The number of esters is 1. The van der Waals surface area contributed by atoms with Crippen LogP contribution in [0.25, 0.3) is 22.2 Å². The molecule has 0 saturated heterocycles. The minimum absolute atomic E-state index is 0.116. The second-order valence-electron chi connectivity index (χ2n) is 7.18. The molecule has 0 aliphatic heterocycles. The quantitative estimate of drug-likeness (QED) is 0.475. The van der Waals surface area contributed by atoms with Gasteiger partial charge in [0.25, 0.3) is 0 Å². The van der Waals surface area contributed by atoms with Gasteiger partial charge in [0.1, 0.15) is 18.0 Å². The summed E-state index contributed by atoms with van der Waals surface area (Å²) >= 11 is 0. The van der Waals surface area contributed by atoms with E-state index in [2.05, 4.69) is 37.2 Å². The number of anilines is 1. The fourth-order valence-electron chi connectivity index (χ4n) is 3.39. The van der Waals surface area contributed by atoms with Crippen LogP contribution in [-0.2, 0) is 4.74 Å². The van der Waals surface area contributed by atoms with Crippen molar-refractivity contribution in [2.45, 2.75) is 19.8 Å². The van der Waals surface area contributed by atoms with Crippen LogP contribution < -0.4 is 5.32 Å². The molecular formula is C23H22N6O2. The Bertz CT molecular complexity index is 1230. The zero-order valence-electron chi connectivity index (χ0n) is 17.5. The number of fused-ring (bicyclic) bond motifs is 1. The number of aromatic nitrogens is 5. The number of nitrogens with zero attached hydrogens (tertiary/aromatic N) is 5. The van der Waals surface area contributed by atoms with E-state index in [-0.39, 0.29) is 11.9 Å². The van der Waals surface area contributed by atoms with Crippen molar-refractivity contribution in [2.24, 2.45) is 0 Å². The van der Waals surface area contributed by atoms with E-state index in [0.717, 1.165) is 27.7 Å². The molecule has 8 nitrogen and oxygen atoms in total. The van der Waals surface area contributed by atoms with Gasteiger partial charge < -0.3 is 10.1 Å². The molecule has 1 N–H and O–H groups in total. The first-order valence-corrected chi connectivity index (χ1v) is 9.87. The fraction of sp³-hybridized carbons (Fsp3) is 0.217. The molecule has 156 valence electrons. The third-order valence-electron chi connectivity index (χ3n) is 5.07. The molecule has 0 spiro atoms. The van der Waals surface area contributed by atoms with E-state index in [1.165, 1.54) is 13.4 Å². The van der Waals surface area contributed by atoms with Crippen LogP contribution in [0.2, 0.25) is 0 Å². The first-order chi connectivity index (χ1) is 15.1. The fourth-order valence-corrected chi connectivity index (χ4v) is 3.39. The number of pyridine rings is 1. The Balaban J connectivity index is 1.55. The summed E-state index contributed by atoms with van der Waals surface area (Å²) in [5.41, 5.74) is 3.92. The van der Waals surface area contributed by atoms with E-state index in [1.54, 1.807) is 24.7 Å². The van der Waals surface area contributed by atoms with Gasteiger partial charge in [-0.3, -0.25) is 4.98 Å². The normalized spacial score (nSPS) is 11.8. The highest BCUT2D eigenvalue weighted by molar-refractivity contribution is 6.04. The van der Waals surface area contributed by atoms with Crippen LogP contribution in [0.5, 0.6) is 0 Å². The van der Waals surface area contributed by atoms with Crippen molar-refractivity contribution in [3.63, 3.8) is 0 Å². The van der Waals surface area contributed by atoms with Crippen LogP contribution in [0.15, 0.2) is 55.2 Å². The highest BCUT2D eigenvalue weighted by Gasteiger charge is 2.16. The maximum Gasteiger partial charge on any atom is 0.338 e. The molecular weight excluding hydrogens is 392 g/mol. The number of nitrogens with one attached hydrogen (secondary N) is 1. The predicted molar refractivity (Wildman–Crippen MR) is 118 cm³/mol. The van der Waals surface area contributed by atoms with Gasteiger partial charge in [0.15, 0.2) is 0 Å². The largest absolute Gasteiger partial charge is 0.465 e. The monoisotopic (exact) mass is 414 g/mol. The number of hydrogen-bond acceptors (Lipinski definition) is 8. The van der Waals surface area contributed by atoms with E-state index < -0.39 is 0 Å². The van der Waals surface area contributed by atoms with Gasteiger partial charge >= 0.3 is 5.97 Å². The van der Waals surface area contributed by atoms with Crippen molar-refractivity contribution in [3.05, 3.63) is 72.2 Å². The lowest BCUT2D eigenvalue weighted by Crippen LogP contribution is -2.12. The average Bonchev–Trinajstić information content (AvgIpc) is 2.82. The Morgan fingerprint density at radius 2 is 1.90 bits per heavy atom. The van der Waals surface area contributed by atoms with Crippen LogP contribution in [0.3, 0.4) is 0 Å². The molecule has 3 aromatic heterocycles. The number of aryl methyl sites for hydroxylation is 1. The minimum atomic E-state index is -0.371. The molecule has 8 heteroatoms. The number of carbonyl (C=O) groups is 1. The van der Waals surface area contributed by atoms with Crippen molar-refractivity contribution in [2.75, 3.05) is 19.0 Å². The van der Waals surface area contributed by atoms with E-state index in [0.29, 0.717) is 23.8 Å². The molecule has 3 heterocycles. The number of rotatable bonds is 6. The maximum atomic E-state index is 12.1. The summed E-state index contributed by atoms with van der Waals surface area (Å²) in [7, 11) is 1.38. The predicted octanol–water partition coefficient (Wildman–Crippen LogP) is 3.79. The molecule has 1 aromatic carbocycles. The Hall–Kier alpha value is -3.94. The van der Waals surface area contributed by atoms with Crippen LogP contribution in [0.1, 0.15) is 34.6 Å². The lowest BCUT2D eigenvalue weighted by atomic mass is 9.96. The summed E-state index contributed by atoms with van der Waals surface area (Å²) in [4.78, 5) is 33.7. The molecule has 0 unspecified atom stereocenters. The lowest BCUT2D eigenvalue weighted by Gasteiger charge is -2.16. The van der Waals surface area contributed by atoms with Crippen molar-refractivity contribution in [1.82, 2.24) is 24.9 Å². The van der Waals surface area contributed by atoms with Gasteiger partial charge in [0.2, 0.25) is 0 Å². The second-order valence-corrected chi connectivity index (χ2v) is 7.18. The van der Waals surface area contributed by atoms with E-state index in [9.17, 15) is 4.79 Å². The van der Waals surface area contributed by atoms with Gasteiger partial charge in [-0.05, 0) is 18.6 Å². The minimum Gasteiger partial charge on any atom is -0.465 e. The molecule has 0 bridgehead atoms. The molecule has 0 aliphatic rings. The average molecular weight is 414 g/mol. The molecule has 1 atom stereocenters. The summed E-state index contributed by atoms with van der Waals surface area (Å²) in [6, 6.07) is 9.40. The van der Waals surface area contributed by atoms with Crippen molar-refractivity contribution in [3.8, 4) is 11.3 Å². The maximum absolute atomic E-state index is 12.1. The summed E-state index contributed by atoms with van der Waals surface area (Å²) in [5, 5.41) is 4.15. The number of methoxy groups -OCH3 is 1. The number of benzene rings is 1. The van der Waals surface area contributed by atoms with E-state index >= 15 is 0 Å². The molecule has 31 heavy (non-hydrogen) atoms. The SMILES string of the molecule is COC(=O)c1ccnc2c([C@H](C)CNc3cc(-c4cnc(C)nc4)ncn3)cccc12. The van der Waals surface area contributed by atoms with Crippen molar-refractivity contribution < 1.29 is 9.53 Å². The van der Waals surface area contributed by atoms with Gasteiger partial charge in [-0.2, -0.15) is 0 Å². The topological polar surface area (TPSA) is 103 Å². The van der Waals surface area contributed by atoms with E-state index in [1.807, 2.05) is 31.2 Å². The highest BCUT2D eigenvalue weighted by atomic mass is 16.5. The third-order valence-corrected chi connectivity index (χ3v) is 5.07. The summed E-state index contributed by atoms with van der Waals surface area (Å²) in [6.45, 7) is 4.57. The van der Waals surface area contributed by atoms with Gasteiger partial charge in [-0.1, -0.05) is 25.1 Å². The molecule has 0 aliphatic carbocycles. The van der Waals surface area contributed by atoms with E-state index in [4.69, 9.17) is 4.74 Å². The first-order valence-electron chi connectivity index (χ1n) is 9.87. The second kappa shape index (κ2) is 8.83. The third kappa shape index (κ3) is 4.32. The Morgan fingerprint density at radius 1 is 1.10 bits per heavy atom. The number of carbonyl (C=O) groups excluding carboxylic acids is 1. The zero-order valence-corrected chi connectivity index (χ0v) is 17.5. The molecule has 4 aromatic rings. The Labute approximate surface area is 179 Å². The lowest BCUT2D eigenvalue weighted by molar-refractivity contribution is 0.0603. The molecule has 0 saturated carbocycles.